The lowest BCUT2D eigenvalue weighted by atomic mass is 9.90. The zero-order valence-corrected chi connectivity index (χ0v) is 9.52. The predicted molar refractivity (Wildman–Crippen MR) is 61.0 cm³/mol. The molecule has 2 aliphatic rings. The Morgan fingerprint density at radius 2 is 2.18 bits per heavy atom. The topological polar surface area (TPSA) is 40.7 Å². The molecule has 5 heteroatoms. The number of fused-ring (bicyclic) bond motifs is 1. The van der Waals surface area contributed by atoms with Crippen LogP contribution in [0.2, 0.25) is 0 Å². The Morgan fingerprint density at radius 3 is 2.94 bits per heavy atom. The molecule has 3 nitrogen and oxygen atoms in total. The van der Waals surface area contributed by atoms with Gasteiger partial charge in [0, 0.05) is 30.6 Å². The van der Waals surface area contributed by atoms with Crippen molar-refractivity contribution in [2.75, 3.05) is 13.1 Å². The Labute approximate surface area is 98.3 Å². The molecule has 0 fully saturated rings. The number of halogens is 2. The molecule has 1 aliphatic carbocycles. The van der Waals surface area contributed by atoms with E-state index >= 15 is 0 Å². The van der Waals surface area contributed by atoms with Crippen molar-refractivity contribution < 1.29 is 8.78 Å². The molecule has 92 valence electrons. The molecule has 1 aromatic rings. The molecular formula is C12H15F2N3. The van der Waals surface area contributed by atoms with Crippen LogP contribution in [0.5, 0.6) is 0 Å². The molecule has 0 bridgehead atoms. The van der Waals surface area contributed by atoms with Gasteiger partial charge in [0.2, 0.25) is 0 Å². The minimum absolute atomic E-state index is 0.0672. The number of nitrogens with one attached hydrogen (secondary N) is 2. The highest BCUT2D eigenvalue weighted by Gasteiger charge is 2.37. The maximum atomic E-state index is 13.4. The molecule has 0 radical (unpaired) electrons. The molecule has 1 aliphatic heterocycles. The summed E-state index contributed by atoms with van der Waals surface area (Å²) in [4.78, 5) is 0. The molecule has 2 heterocycles. The van der Waals surface area contributed by atoms with Crippen molar-refractivity contribution in [2.24, 2.45) is 0 Å². The van der Waals surface area contributed by atoms with Gasteiger partial charge in [-0.25, -0.2) is 8.78 Å². The van der Waals surface area contributed by atoms with E-state index in [0.717, 1.165) is 42.0 Å². The number of hydrogen-bond donors (Lipinski definition) is 2. The summed E-state index contributed by atoms with van der Waals surface area (Å²) >= 11 is 0. The van der Waals surface area contributed by atoms with Crippen LogP contribution in [0.15, 0.2) is 6.08 Å². The molecule has 0 aromatic carbocycles. The molecule has 0 spiro atoms. The quantitative estimate of drug-likeness (QED) is 0.786. The second kappa shape index (κ2) is 3.91. The van der Waals surface area contributed by atoms with Gasteiger partial charge in [-0.3, -0.25) is 5.10 Å². The van der Waals surface area contributed by atoms with Crippen LogP contribution >= 0.6 is 0 Å². The molecule has 1 aromatic heterocycles. The molecular weight excluding hydrogens is 224 g/mol. The Bertz CT molecular complexity index is 462. The van der Waals surface area contributed by atoms with Gasteiger partial charge in [-0.05, 0) is 25.0 Å². The van der Waals surface area contributed by atoms with Gasteiger partial charge in [-0.1, -0.05) is 6.08 Å². The first kappa shape index (κ1) is 10.9. The minimum Gasteiger partial charge on any atom is -0.313 e. The fourth-order valence-corrected chi connectivity index (χ4v) is 2.56. The fourth-order valence-electron chi connectivity index (χ4n) is 2.56. The summed E-state index contributed by atoms with van der Waals surface area (Å²) in [6.45, 7) is 1.69. The van der Waals surface area contributed by atoms with E-state index in [2.05, 4.69) is 15.5 Å². The Kier molecular flexibility index (Phi) is 2.50. The number of hydrogen-bond acceptors (Lipinski definition) is 2. The van der Waals surface area contributed by atoms with Crippen molar-refractivity contribution >= 4 is 5.57 Å². The third-order valence-electron chi connectivity index (χ3n) is 3.50. The highest BCUT2D eigenvalue weighted by atomic mass is 19.3. The highest BCUT2D eigenvalue weighted by Crippen LogP contribution is 2.36. The summed E-state index contributed by atoms with van der Waals surface area (Å²) in [5, 5.41) is 10.4. The molecule has 0 saturated heterocycles. The van der Waals surface area contributed by atoms with Gasteiger partial charge in [0.25, 0.3) is 5.92 Å². The Morgan fingerprint density at radius 1 is 1.29 bits per heavy atom. The maximum Gasteiger partial charge on any atom is 0.252 e. The average Bonchev–Trinajstić information content (AvgIpc) is 2.71. The van der Waals surface area contributed by atoms with Crippen LogP contribution < -0.4 is 5.32 Å². The largest absolute Gasteiger partial charge is 0.313 e. The first-order valence-electron chi connectivity index (χ1n) is 6.00. The summed E-state index contributed by atoms with van der Waals surface area (Å²) in [7, 11) is 0. The fraction of sp³-hybridized carbons (Fsp3) is 0.583. The van der Waals surface area contributed by atoms with Crippen molar-refractivity contribution in [1.82, 2.24) is 15.5 Å². The third kappa shape index (κ3) is 1.99. The monoisotopic (exact) mass is 239 g/mol. The smallest absolute Gasteiger partial charge is 0.252 e. The standard InChI is InChI=1S/C12H15F2N3/c13-12(14)4-1-10-9(7-12)11(17-16-10)8-2-5-15-6-3-8/h2,15H,1,3-7H2,(H,16,17). The molecule has 0 unspecified atom stereocenters. The number of aromatic nitrogens is 2. The first-order chi connectivity index (χ1) is 8.16. The molecule has 0 amide bonds. The molecule has 2 N–H and O–H groups in total. The summed E-state index contributed by atoms with van der Waals surface area (Å²) in [5.74, 6) is -2.57. The van der Waals surface area contributed by atoms with E-state index < -0.39 is 5.92 Å². The van der Waals surface area contributed by atoms with Crippen molar-refractivity contribution in [1.29, 1.82) is 0 Å². The maximum absolute atomic E-state index is 13.4. The normalized spacial score (nSPS) is 23.1. The van der Waals surface area contributed by atoms with E-state index in [9.17, 15) is 8.78 Å². The van der Waals surface area contributed by atoms with Crippen molar-refractivity contribution in [2.45, 2.75) is 31.6 Å². The summed E-state index contributed by atoms with van der Waals surface area (Å²) in [6.07, 6.45) is 3.08. The number of nitrogens with zero attached hydrogens (tertiary/aromatic N) is 1. The lowest BCUT2D eigenvalue weighted by Crippen LogP contribution is -2.26. The number of aromatic amines is 1. The van der Waals surface area contributed by atoms with Crippen LogP contribution in [-0.4, -0.2) is 29.2 Å². The van der Waals surface area contributed by atoms with E-state index in [1.807, 2.05) is 6.08 Å². The predicted octanol–water partition coefficient (Wildman–Crippen LogP) is 1.91. The van der Waals surface area contributed by atoms with Crippen LogP contribution in [0.1, 0.15) is 29.8 Å². The van der Waals surface area contributed by atoms with Crippen molar-refractivity contribution in [3.63, 3.8) is 0 Å². The molecule has 3 rings (SSSR count). The van der Waals surface area contributed by atoms with Gasteiger partial charge < -0.3 is 5.32 Å². The van der Waals surface area contributed by atoms with Gasteiger partial charge in [-0.15, -0.1) is 0 Å². The van der Waals surface area contributed by atoms with E-state index in [1.54, 1.807) is 0 Å². The van der Waals surface area contributed by atoms with Crippen molar-refractivity contribution in [3.8, 4) is 0 Å². The zero-order valence-electron chi connectivity index (χ0n) is 9.52. The van der Waals surface area contributed by atoms with Gasteiger partial charge >= 0.3 is 0 Å². The number of aryl methyl sites for hydroxylation is 1. The summed E-state index contributed by atoms with van der Waals surface area (Å²) in [6, 6.07) is 0. The lowest BCUT2D eigenvalue weighted by Gasteiger charge is -2.22. The average molecular weight is 239 g/mol. The van der Waals surface area contributed by atoms with E-state index in [-0.39, 0.29) is 12.8 Å². The SMILES string of the molecule is FC1(F)CCc2[nH]nc(C3=CCNCC3)c2C1. The molecule has 0 saturated carbocycles. The van der Waals surface area contributed by atoms with Crippen LogP contribution in [0.25, 0.3) is 5.57 Å². The van der Waals surface area contributed by atoms with E-state index in [4.69, 9.17) is 0 Å². The van der Waals surface area contributed by atoms with Crippen LogP contribution in [-0.2, 0) is 12.8 Å². The van der Waals surface area contributed by atoms with Gasteiger partial charge in [0.1, 0.15) is 0 Å². The minimum atomic E-state index is -2.57. The molecule has 0 atom stereocenters. The Balaban J connectivity index is 1.97. The summed E-state index contributed by atoms with van der Waals surface area (Å²) < 4.78 is 26.9. The van der Waals surface area contributed by atoms with Crippen molar-refractivity contribution in [3.05, 3.63) is 23.0 Å². The third-order valence-corrected chi connectivity index (χ3v) is 3.50. The molecule has 17 heavy (non-hydrogen) atoms. The zero-order chi connectivity index (χ0) is 11.9. The summed E-state index contributed by atoms with van der Waals surface area (Å²) in [5.41, 5.74) is 3.49. The second-order valence-electron chi connectivity index (χ2n) is 4.75. The van der Waals surface area contributed by atoms with Gasteiger partial charge in [-0.2, -0.15) is 5.10 Å². The number of H-pyrrole nitrogens is 1. The van der Waals surface area contributed by atoms with Gasteiger partial charge in [0.15, 0.2) is 0 Å². The van der Waals surface area contributed by atoms with E-state index in [0.29, 0.717) is 6.42 Å². The number of rotatable bonds is 1. The lowest BCUT2D eigenvalue weighted by molar-refractivity contribution is -0.0125. The van der Waals surface area contributed by atoms with Crippen LogP contribution in [0, 0.1) is 0 Å². The van der Waals surface area contributed by atoms with Crippen LogP contribution in [0.4, 0.5) is 8.78 Å². The number of alkyl halides is 2. The Hall–Kier alpha value is -1.23. The van der Waals surface area contributed by atoms with Crippen LogP contribution in [0.3, 0.4) is 0 Å². The highest BCUT2D eigenvalue weighted by molar-refractivity contribution is 5.67. The second-order valence-corrected chi connectivity index (χ2v) is 4.75. The first-order valence-corrected chi connectivity index (χ1v) is 6.00. The van der Waals surface area contributed by atoms with E-state index in [1.165, 1.54) is 0 Å². The van der Waals surface area contributed by atoms with Gasteiger partial charge in [0.05, 0.1) is 5.69 Å².